The Bertz CT molecular complexity index is 170. The minimum Gasteiger partial charge on any atom is -0.0883 e. The second-order valence-corrected chi connectivity index (χ2v) is 6.53. The van der Waals surface area contributed by atoms with Gasteiger partial charge in [0.05, 0.1) is 0 Å². The highest BCUT2D eigenvalue weighted by atomic mass is 14.1. The summed E-state index contributed by atoms with van der Waals surface area (Å²) in [7, 11) is 0. The van der Waals surface area contributed by atoms with E-state index >= 15 is 0 Å². The van der Waals surface area contributed by atoms with Crippen LogP contribution in [-0.2, 0) is 0 Å². The first-order chi connectivity index (χ1) is 9.97. The van der Waals surface area contributed by atoms with Crippen molar-refractivity contribution in [3.05, 3.63) is 12.2 Å². The molecule has 1 atom stereocenters. The van der Waals surface area contributed by atoms with Gasteiger partial charge < -0.3 is 0 Å². The third-order valence-corrected chi connectivity index (χ3v) is 3.59. The van der Waals surface area contributed by atoms with Gasteiger partial charge >= 0.3 is 0 Å². The summed E-state index contributed by atoms with van der Waals surface area (Å²) in [5, 5.41) is 0. The van der Waals surface area contributed by atoms with Crippen molar-refractivity contribution in [3.63, 3.8) is 0 Å². The molecule has 1 unspecified atom stereocenters. The van der Waals surface area contributed by atoms with Gasteiger partial charge in [-0.2, -0.15) is 0 Å². The van der Waals surface area contributed by atoms with Crippen molar-refractivity contribution >= 4 is 0 Å². The van der Waals surface area contributed by atoms with Crippen molar-refractivity contribution < 1.29 is 0 Å². The maximum Gasteiger partial charge on any atom is -0.0322 e. The predicted molar refractivity (Wildman–Crippen MR) is 110 cm³/mol. The molecule has 1 rings (SSSR count). The van der Waals surface area contributed by atoms with Gasteiger partial charge in [-0.3, -0.25) is 0 Å². The van der Waals surface area contributed by atoms with E-state index in [9.17, 15) is 0 Å². The smallest absolute Gasteiger partial charge is 0.0322 e. The Morgan fingerprint density at radius 2 is 1.27 bits per heavy atom. The van der Waals surface area contributed by atoms with Gasteiger partial charge in [0.2, 0.25) is 0 Å². The Balaban J connectivity index is -0.000000102. The highest BCUT2D eigenvalue weighted by Gasteiger charge is 2.00. The zero-order valence-corrected chi connectivity index (χ0v) is 16.8. The fraction of sp³-hybridized carbons (Fsp3) is 0.909. The van der Waals surface area contributed by atoms with Gasteiger partial charge in [0.1, 0.15) is 0 Å². The van der Waals surface area contributed by atoms with Crippen LogP contribution in [0.25, 0.3) is 0 Å². The minimum atomic E-state index is 0. The van der Waals surface area contributed by atoms with Crippen LogP contribution in [0, 0.1) is 17.8 Å². The van der Waals surface area contributed by atoms with Gasteiger partial charge in [-0.1, -0.05) is 114 Å². The number of hydrogen-bond donors (Lipinski definition) is 0. The van der Waals surface area contributed by atoms with E-state index in [-0.39, 0.29) is 7.43 Å². The fourth-order valence-corrected chi connectivity index (χ4v) is 2.03. The molecule has 1 aliphatic carbocycles. The molecular weight excluding hydrogens is 264 g/mol. The summed E-state index contributed by atoms with van der Waals surface area (Å²) in [5.41, 5.74) is 0. The van der Waals surface area contributed by atoms with Crippen LogP contribution < -0.4 is 0 Å². The lowest BCUT2D eigenvalue weighted by atomic mass is 10.0. The van der Waals surface area contributed by atoms with Gasteiger partial charge in [0.15, 0.2) is 0 Å². The Kier molecular flexibility index (Phi) is 34.7. The Labute approximate surface area is 145 Å². The zero-order valence-electron chi connectivity index (χ0n) is 16.8. The molecule has 0 radical (unpaired) electrons. The molecule has 0 aliphatic heterocycles. The number of hydrogen-bond acceptors (Lipinski definition) is 0. The molecule has 1 aliphatic rings. The molecule has 0 N–H and O–H groups in total. The quantitative estimate of drug-likeness (QED) is 0.444. The average molecular weight is 315 g/mol. The molecule has 0 aromatic rings. The molecule has 0 heteroatoms. The normalized spacial score (nSPS) is 13.7. The Morgan fingerprint density at radius 3 is 1.36 bits per heavy atom. The van der Waals surface area contributed by atoms with Crippen LogP contribution >= 0.6 is 0 Å². The SMILES string of the molecule is C.CC.CC1CC=CC1.CCCC(C)C.CCCC(C)CC. The van der Waals surface area contributed by atoms with Crippen molar-refractivity contribution in [3.8, 4) is 0 Å². The third-order valence-electron chi connectivity index (χ3n) is 3.59. The third kappa shape index (κ3) is 31.9. The van der Waals surface area contributed by atoms with E-state index in [0.717, 1.165) is 17.8 Å². The van der Waals surface area contributed by atoms with Crippen LogP contribution in [0.2, 0.25) is 0 Å². The standard InChI is InChI=1S/C7H16.C6H10.C6H14.C2H6.CH4/c1-4-6-7(3)5-2;1-6-4-2-3-5-6;1-4-5-6(2)3;1-2;/h7H,4-6H2,1-3H3;2-3,6H,4-5H2,1H3;6H,4-5H2,1-3H3;1-2H3;1H4. The molecule has 0 aromatic carbocycles. The van der Waals surface area contributed by atoms with Crippen molar-refractivity contribution in [1.29, 1.82) is 0 Å². The number of rotatable bonds is 5. The minimum absolute atomic E-state index is 0. The first kappa shape index (κ1) is 29.7. The fourth-order valence-electron chi connectivity index (χ4n) is 2.03. The van der Waals surface area contributed by atoms with Gasteiger partial charge in [-0.15, -0.1) is 0 Å². The van der Waals surface area contributed by atoms with E-state index in [0.29, 0.717) is 0 Å². The van der Waals surface area contributed by atoms with Crippen LogP contribution in [0.5, 0.6) is 0 Å². The lowest BCUT2D eigenvalue weighted by Crippen LogP contribution is -1.88. The molecule has 0 aromatic heterocycles. The first-order valence-electron chi connectivity index (χ1n) is 9.62. The largest absolute Gasteiger partial charge is 0.0883 e. The number of allylic oxidation sites excluding steroid dienone is 2. The van der Waals surface area contributed by atoms with Crippen LogP contribution in [0.1, 0.15) is 115 Å². The van der Waals surface area contributed by atoms with E-state index in [4.69, 9.17) is 0 Å². The Hall–Kier alpha value is -0.260. The van der Waals surface area contributed by atoms with E-state index in [1.807, 2.05) is 13.8 Å². The molecule has 0 amide bonds. The summed E-state index contributed by atoms with van der Waals surface area (Å²) in [5.74, 6) is 2.78. The van der Waals surface area contributed by atoms with Crippen LogP contribution in [0.4, 0.5) is 0 Å². The molecule has 0 saturated carbocycles. The Morgan fingerprint density at radius 1 is 0.864 bits per heavy atom. The predicted octanol–water partition coefficient (Wildman–Crippen LogP) is 8.91. The lowest BCUT2D eigenvalue weighted by molar-refractivity contribution is 0.509. The van der Waals surface area contributed by atoms with Crippen LogP contribution in [0.15, 0.2) is 12.2 Å². The van der Waals surface area contributed by atoms with Gasteiger partial charge in [0, 0.05) is 0 Å². The highest BCUT2D eigenvalue weighted by Crippen LogP contribution is 2.15. The van der Waals surface area contributed by atoms with E-state index in [1.165, 1.54) is 44.9 Å². The van der Waals surface area contributed by atoms with Crippen molar-refractivity contribution in [2.45, 2.75) is 115 Å². The molecule has 0 nitrogen and oxygen atoms in total. The molecule has 0 heterocycles. The monoisotopic (exact) mass is 314 g/mol. The van der Waals surface area contributed by atoms with Gasteiger partial charge in [0.25, 0.3) is 0 Å². The lowest BCUT2D eigenvalue weighted by Gasteiger charge is -2.02. The zero-order chi connectivity index (χ0) is 17.1. The summed E-state index contributed by atoms with van der Waals surface area (Å²) in [6.45, 7) is 19.8. The highest BCUT2D eigenvalue weighted by molar-refractivity contribution is 4.92. The molecule has 0 bridgehead atoms. The van der Waals surface area contributed by atoms with Gasteiger partial charge in [-0.25, -0.2) is 0 Å². The summed E-state index contributed by atoms with van der Waals surface area (Å²) < 4.78 is 0. The van der Waals surface area contributed by atoms with E-state index in [1.54, 1.807) is 0 Å². The van der Waals surface area contributed by atoms with Crippen molar-refractivity contribution in [2.75, 3.05) is 0 Å². The average Bonchev–Trinajstić information content (AvgIpc) is 2.93. The topological polar surface area (TPSA) is 0 Å². The molecule has 0 spiro atoms. The second-order valence-electron chi connectivity index (χ2n) is 6.53. The van der Waals surface area contributed by atoms with Crippen LogP contribution in [-0.4, -0.2) is 0 Å². The first-order valence-corrected chi connectivity index (χ1v) is 9.62. The maximum atomic E-state index is 2.31. The molecule has 22 heavy (non-hydrogen) atoms. The van der Waals surface area contributed by atoms with Crippen LogP contribution in [0.3, 0.4) is 0 Å². The maximum absolute atomic E-state index is 2.31. The van der Waals surface area contributed by atoms with E-state index in [2.05, 4.69) is 60.6 Å². The molecule has 0 fully saturated rings. The van der Waals surface area contributed by atoms with Crippen molar-refractivity contribution in [2.24, 2.45) is 17.8 Å². The second kappa shape index (κ2) is 25.7. The van der Waals surface area contributed by atoms with E-state index < -0.39 is 0 Å². The summed E-state index contributed by atoms with van der Waals surface area (Å²) in [6.07, 6.45) is 13.9. The molecule has 0 saturated heterocycles. The van der Waals surface area contributed by atoms with Crippen molar-refractivity contribution in [1.82, 2.24) is 0 Å². The summed E-state index contributed by atoms with van der Waals surface area (Å²) in [6, 6.07) is 0. The summed E-state index contributed by atoms with van der Waals surface area (Å²) >= 11 is 0. The van der Waals surface area contributed by atoms with Gasteiger partial charge in [-0.05, 0) is 30.6 Å². The summed E-state index contributed by atoms with van der Waals surface area (Å²) in [4.78, 5) is 0. The molecule has 138 valence electrons. The molecular formula is C22H50.